The molecule has 12 nitrogen and oxygen atoms in total. The number of rotatable bonds is 14. The summed E-state index contributed by atoms with van der Waals surface area (Å²) in [6.45, 7) is 6.15. The highest BCUT2D eigenvalue weighted by atomic mass is 16.6. The lowest BCUT2D eigenvalue weighted by Crippen LogP contribution is -2.40. The zero-order valence-corrected chi connectivity index (χ0v) is 27.2. The third kappa shape index (κ3) is 16.2. The van der Waals surface area contributed by atoms with Crippen LogP contribution in [0.3, 0.4) is 0 Å². The molecule has 0 fully saturated rings. The molecule has 0 heterocycles. The molecule has 246 valence electrons. The summed E-state index contributed by atoms with van der Waals surface area (Å²) in [5.74, 6) is -1.24. The van der Waals surface area contributed by atoms with Crippen molar-refractivity contribution in [3.63, 3.8) is 0 Å². The third-order valence-electron chi connectivity index (χ3n) is 6.13. The maximum Gasteiger partial charge on any atom is 0.408 e. The topological polar surface area (TPSA) is 157 Å². The Labute approximate surface area is 264 Å². The van der Waals surface area contributed by atoms with E-state index in [-0.39, 0.29) is 55.7 Å². The Hall–Kier alpha value is -4.58. The Balaban J connectivity index is 0.000000507. The second kappa shape index (κ2) is 19.6. The highest BCUT2D eigenvalue weighted by molar-refractivity contribution is 5.98. The summed E-state index contributed by atoms with van der Waals surface area (Å²) >= 11 is 0. The van der Waals surface area contributed by atoms with Crippen molar-refractivity contribution < 1.29 is 43.0 Å². The maximum absolute atomic E-state index is 12.1. The molecule has 45 heavy (non-hydrogen) atoms. The van der Waals surface area contributed by atoms with Crippen LogP contribution < -0.4 is 10.6 Å². The van der Waals surface area contributed by atoms with Crippen LogP contribution in [-0.2, 0) is 41.7 Å². The molecule has 0 saturated heterocycles. The molecule has 0 aliphatic heterocycles. The monoisotopic (exact) mass is 627 g/mol. The Kier molecular flexibility index (Phi) is 16.8. The van der Waals surface area contributed by atoms with Gasteiger partial charge in [0.05, 0.1) is 27.1 Å². The maximum atomic E-state index is 12.1. The molecule has 0 spiro atoms. The summed E-state index contributed by atoms with van der Waals surface area (Å²) in [5, 5.41) is 5.46. The molecular weight excluding hydrogens is 582 g/mol. The Bertz CT molecular complexity index is 1280. The first kappa shape index (κ1) is 38.4. The lowest BCUT2D eigenvalue weighted by Gasteiger charge is -2.21. The highest BCUT2D eigenvalue weighted by Gasteiger charge is 2.18. The van der Waals surface area contributed by atoms with Gasteiger partial charge in [0.25, 0.3) is 0 Å². The summed E-state index contributed by atoms with van der Waals surface area (Å²) in [7, 11) is 6.09. The first-order valence-electron chi connectivity index (χ1n) is 14.4. The van der Waals surface area contributed by atoms with Gasteiger partial charge in [-0.25, -0.2) is 4.79 Å². The number of nitrogens with one attached hydrogen (secondary N) is 2. The van der Waals surface area contributed by atoms with Gasteiger partial charge in [0.1, 0.15) is 12.1 Å². The van der Waals surface area contributed by atoms with Gasteiger partial charge >= 0.3 is 18.0 Å². The van der Waals surface area contributed by atoms with Crippen LogP contribution in [-0.4, -0.2) is 80.9 Å². The number of carbonyl (C=O) groups is 6. The van der Waals surface area contributed by atoms with Crippen LogP contribution in [0.15, 0.2) is 48.5 Å². The van der Waals surface area contributed by atoms with Crippen LogP contribution >= 0.6 is 0 Å². The van der Waals surface area contributed by atoms with Crippen molar-refractivity contribution in [1.82, 2.24) is 15.5 Å². The number of esters is 2. The zero-order chi connectivity index (χ0) is 34.0. The van der Waals surface area contributed by atoms with Crippen molar-refractivity contribution in [2.45, 2.75) is 65.1 Å². The van der Waals surface area contributed by atoms with Gasteiger partial charge in [-0.2, -0.15) is 0 Å². The molecule has 2 aromatic carbocycles. The van der Waals surface area contributed by atoms with Crippen molar-refractivity contribution in [2.24, 2.45) is 0 Å². The molecule has 0 unspecified atom stereocenters. The van der Waals surface area contributed by atoms with E-state index in [0.29, 0.717) is 17.7 Å². The summed E-state index contributed by atoms with van der Waals surface area (Å²) in [4.78, 5) is 70.9. The number of benzene rings is 2. The molecule has 2 amide bonds. The number of methoxy groups -OCH3 is 2. The van der Waals surface area contributed by atoms with Crippen LogP contribution in [0.5, 0.6) is 0 Å². The van der Waals surface area contributed by atoms with Crippen molar-refractivity contribution in [3.05, 3.63) is 70.8 Å². The fraction of sp³-hybridized carbons (Fsp3) is 0.455. The van der Waals surface area contributed by atoms with E-state index < -0.39 is 17.7 Å². The molecule has 0 bridgehead atoms. The molecule has 0 aromatic heterocycles. The number of carbonyl (C=O) groups excluding carboxylic acids is 6. The van der Waals surface area contributed by atoms with Gasteiger partial charge in [0, 0.05) is 44.1 Å². The molecule has 0 radical (unpaired) electrons. The SMILES string of the molecule is CNCc1ccc(C(=O)CCC(=O)OC)cc1.COC(=O)CCC(=O)c1ccc(CN(C)C(=O)CNC(=O)OC(C)(C)C)cc1. The van der Waals surface area contributed by atoms with Crippen LogP contribution in [0.1, 0.15) is 78.3 Å². The number of amides is 2. The van der Waals surface area contributed by atoms with E-state index in [1.165, 1.54) is 19.1 Å². The lowest BCUT2D eigenvalue weighted by atomic mass is 10.0. The number of hydrogen-bond donors (Lipinski definition) is 2. The van der Waals surface area contributed by atoms with E-state index in [1.54, 1.807) is 64.2 Å². The minimum atomic E-state index is -0.649. The number of likely N-dealkylation sites (N-methyl/N-ethyl adjacent to an activating group) is 1. The lowest BCUT2D eigenvalue weighted by molar-refractivity contribution is -0.141. The average molecular weight is 628 g/mol. The van der Waals surface area contributed by atoms with E-state index in [2.05, 4.69) is 20.1 Å². The second-order valence-electron chi connectivity index (χ2n) is 11.0. The number of ether oxygens (including phenoxy) is 3. The molecule has 2 rings (SSSR count). The fourth-order valence-electron chi connectivity index (χ4n) is 3.69. The average Bonchev–Trinajstić information content (AvgIpc) is 3.01. The van der Waals surface area contributed by atoms with E-state index in [1.807, 2.05) is 19.2 Å². The Morgan fingerprint density at radius 2 is 1.16 bits per heavy atom. The first-order valence-corrected chi connectivity index (χ1v) is 14.4. The normalized spacial score (nSPS) is 10.5. The van der Waals surface area contributed by atoms with E-state index >= 15 is 0 Å². The summed E-state index contributed by atoms with van der Waals surface area (Å²) in [6.07, 6.45) is -0.199. The van der Waals surface area contributed by atoms with Gasteiger partial charge < -0.3 is 29.7 Å². The molecular formula is C33H45N3O9. The first-order chi connectivity index (χ1) is 21.2. The second-order valence-corrected chi connectivity index (χ2v) is 11.0. The summed E-state index contributed by atoms with van der Waals surface area (Å²) < 4.78 is 14.1. The summed E-state index contributed by atoms with van der Waals surface area (Å²) in [5.41, 5.74) is 2.45. The number of Topliss-reactive ketones (excluding diaryl/α,β-unsaturated/α-hetero) is 2. The van der Waals surface area contributed by atoms with Crippen molar-refractivity contribution in [2.75, 3.05) is 34.9 Å². The quantitative estimate of drug-likeness (QED) is 0.179. The molecule has 0 saturated carbocycles. The van der Waals surface area contributed by atoms with Crippen LogP contribution in [0.4, 0.5) is 4.79 Å². The Morgan fingerprint density at radius 1 is 0.711 bits per heavy atom. The van der Waals surface area contributed by atoms with Gasteiger partial charge in [0.15, 0.2) is 11.6 Å². The fourth-order valence-corrected chi connectivity index (χ4v) is 3.69. The molecule has 0 atom stereocenters. The summed E-state index contributed by atoms with van der Waals surface area (Å²) in [6, 6.07) is 14.2. The van der Waals surface area contributed by atoms with Gasteiger partial charge in [-0.05, 0) is 38.9 Å². The number of hydrogen-bond acceptors (Lipinski definition) is 10. The number of ketones is 2. The van der Waals surface area contributed by atoms with Gasteiger partial charge in [-0.1, -0.05) is 48.5 Å². The molecule has 12 heteroatoms. The van der Waals surface area contributed by atoms with Crippen LogP contribution in [0, 0.1) is 0 Å². The smallest absolute Gasteiger partial charge is 0.408 e. The third-order valence-corrected chi connectivity index (χ3v) is 6.13. The highest BCUT2D eigenvalue weighted by Crippen LogP contribution is 2.11. The number of nitrogens with zero attached hydrogens (tertiary/aromatic N) is 1. The van der Waals surface area contributed by atoms with Crippen molar-refractivity contribution in [1.29, 1.82) is 0 Å². The number of alkyl carbamates (subject to hydrolysis) is 1. The van der Waals surface area contributed by atoms with Gasteiger partial charge in [-0.3, -0.25) is 24.0 Å². The predicted molar refractivity (Wildman–Crippen MR) is 168 cm³/mol. The minimum Gasteiger partial charge on any atom is -0.469 e. The Morgan fingerprint density at radius 3 is 1.56 bits per heavy atom. The zero-order valence-electron chi connectivity index (χ0n) is 27.2. The largest absolute Gasteiger partial charge is 0.469 e. The van der Waals surface area contributed by atoms with Gasteiger partial charge in [-0.15, -0.1) is 0 Å². The molecule has 0 aliphatic rings. The minimum absolute atomic E-state index is 0.0357. The standard InChI is InChI=1S/C20H28N2O6.C13H17NO3/c1-20(2,3)28-19(26)21-12-17(24)22(4)13-14-6-8-15(9-7-14)16(23)10-11-18(25)27-5;1-14-9-10-3-5-11(6-4-10)12(15)7-8-13(16)17-2/h6-9H,10-13H2,1-5H3,(H,21,26);3-6,14H,7-9H2,1-2H3. The van der Waals surface area contributed by atoms with Crippen molar-refractivity contribution >= 4 is 35.5 Å². The molecule has 2 aromatic rings. The van der Waals surface area contributed by atoms with Crippen LogP contribution in [0.2, 0.25) is 0 Å². The van der Waals surface area contributed by atoms with Crippen molar-refractivity contribution in [3.8, 4) is 0 Å². The van der Waals surface area contributed by atoms with Crippen LogP contribution in [0.25, 0.3) is 0 Å². The predicted octanol–water partition coefficient (Wildman–Crippen LogP) is 3.85. The van der Waals surface area contributed by atoms with E-state index in [4.69, 9.17) is 4.74 Å². The molecule has 0 aliphatic carbocycles. The van der Waals surface area contributed by atoms with Gasteiger partial charge in [0.2, 0.25) is 5.91 Å². The molecule has 2 N–H and O–H groups in total. The van der Waals surface area contributed by atoms with E-state index in [0.717, 1.165) is 17.7 Å². The van der Waals surface area contributed by atoms with E-state index in [9.17, 15) is 28.8 Å².